The summed E-state index contributed by atoms with van der Waals surface area (Å²) in [5.41, 5.74) is 0.917. The zero-order valence-corrected chi connectivity index (χ0v) is 17.6. The molecule has 2 aromatic rings. The number of carbonyl (C=O) groups is 2. The van der Waals surface area contributed by atoms with Crippen LogP contribution in [-0.4, -0.2) is 45.7 Å². The largest absolute Gasteiger partial charge is 0.467 e. The van der Waals surface area contributed by atoms with Gasteiger partial charge in [0, 0.05) is 19.3 Å². The van der Waals surface area contributed by atoms with Gasteiger partial charge in [-0.1, -0.05) is 0 Å². The minimum atomic E-state index is -0.709. The van der Waals surface area contributed by atoms with Crippen molar-refractivity contribution in [2.24, 2.45) is 0 Å². The number of ketones is 1. The van der Waals surface area contributed by atoms with E-state index in [0.29, 0.717) is 13.2 Å². The van der Waals surface area contributed by atoms with Crippen LogP contribution in [-0.2, 0) is 19.0 Å². The molecule has 0 amide bonds. The normalized spacial score (nSPS) is 11.3. The molecule has 2 rings (SSSR count). The fourth-order valence-corrected chi connectivity index (χ4v) is 2.54. The molecule has 0 atom stereocenters. The maximum Gasteiger partial charge on any atom is 0.341 e. The zero-order valence-electron chi connectivity index (χ0n) is 17.6. The van der Waals surface area contributed by atoms with Crippen molar-refractivity contribution in [1.29, 1.82) is 0 Å². The maximum absolute atomic E-state index is 13.2. The Morgan fingerprint density at radius 3 is 2.10 bits per heavy atom. The lowest BCUT2D eigenvalue weighted by Gasteiger charge is -2.16. The van der Waals surface area contributed by atoms with Crippen molar-refractivity contribution in [1.82, 2.24) is 0 Å². The SMILES string of the molecule is CCOCOc1cc(C)cc(OCOCC)c1C(=O)/C=C(\C(=O)OC)c1ccco1. The first-order valence-corrected chi connectivity index (χ1v) is 9.45. The fourth-order valence-electron chi connectivity index (χ4n) is 2.54. The molecular weight excluding hydrogens is 392 g/mol. The quantitative estimate of drug-likeness (QED) is 0.169. The van der Waals surface area contributed by atoms with Gasteiger partial charge in [-0.2, -0.15) is 0 Å². The molecule has 8 heteroatoms. The number of hydrogen-bond donors (Lipinski definition) is 0. The summed E-state index contributed by atoms with van der Waals surface area (Å²) in [5.74, 6) is -0.501. The van der Waals surface area contributed by atoms with Crippen LogP contribution >= 0.6 is 0 Å². The molecule has 0 aliphatic heterocycles. The topological polar surface area (TPSA) is 93.4 Å². The third-order valence-electron chi connectivity index (χ3n) is 3.93. The van der Waals surface area contributed by atoms with Crippen molar-refractivity contribution in [3.63, 3.8) is 0 Å². The number of carbonyl (C=O) groups excluding carboxylic acids is 2. The van der Waals surface area contributed by atoms with Crippen LogP contribution in [0.15, 0.2) is 41.0 Å². The smallest absolute Gasteiger partial charge is 0.341 e. The standard InChI is InChI=1S/C22H26O8/c1-5-26-13-29-19-10-15(3)11-20(30-14-27-6-2)21(19)17(23)12-16(22(24)25-4)18-8-7-9-28-18/h7-12H,5-6,13-14H2,1-4H3/b16-12-. The molecule has 0 bridgehead atoms. The Labute approximate surface area is 175 Å². The third kappa shape index (κ3) is 6.20. The van der Waals surface area contributed by atoms with Crippen molar-refractivity contribution >= 4 is 17.3 Å². The van der Waals surface area contributed by atoms with E-state index in [1.54, 1.807) is 24.3 Å². The second-order valence-electron chi connectivity index (χ2n) is 6.04. The highest BCUT2D eigenvalue weighted by atomic mass is 16.7. The van der Waals surface area contributed by atoms with E-state index in [1.165, 1.54) is 13.4 Å². The first-order valence-electron chi connectivity index (χ1n) is 9.45. The van der Waals surface area contributed by atoms with E-state index in [2.05, 4.69) is 0 Å². The molecule has 1 aromatic heterocycles. The third-order valence-corrected chi connectivity index (χ3v) is 3.93. The highest BCUT2D eigenvalue weighted by molar-refractivity contribution is 6.24. The second kappa shape index (κ2) is 11.8. The lowest BCUT2D eigenvalue weighted by molar-refractivity contribution is -0.133. The number of furan rings is 1. The number of methoxy groups -OCH3 is 1. The van der Waals surface area contributed by atoms with Crippen LogP contribution in [0.4, 0.5) is 0 Å². The van der Waals surface area contributed by atoms with Crippen molar-refractivity contribution in [2.75, 3.05) is 33.9 Å². The molecule has 162 valence electrons. The van der Waals surface area contributed by atoms with Crippen molar-refractivity contribution in [3.8, 4) is 11.5 Å². The van der Waals surface area contributed by atoms with Gasteiger partial charge in [0.25, 0.3) is 0 Å². The average molecular weight is 418 g/mol. The molecule has 1 heterocycles. The van der Waals surface area contributed by atoms with E-state index in [-0.39, 0.29) is 42.0 Å². The summed E-state index contributed by atoms with van der Waals surface area (Å²) in [6.45, 7) is 6.32. The highest BCUT2D eigenvalue weighted by Crippen LogP contribution is 2.33. The van der Waals surface area contributed by atoms with Crippen LogP contribution in [0, 0.1) is 6.92 Å². The minimum absolute atomic E-state index is 0.0282. The summed E-state index contributed by atoms with van der Waals surface area (Å²) in [6.07, 6.45) is 2.53. The Bertz CT molecular complexity index is 836. The number of esters is 1. The van der Waals surface area contributed by atoms with E-state index in [4.69, 9.17) is 28.1 Å². The summed E-state index contributed by atoms with van der Waals surface area (Å²) in [7, 11) is 1.22. The van der Waals surface area contributed by atoms with E-state index in [9.17, 15) is 9.59 Å². The van der Waals surface area contributed by atoms with Gasteiger partial charge in [-0.15, -0.1) is 0 Å². The molecule has 0 unspecified atom stereocenters. The van der Waals surface area contributed by atoms with E-state index in [1.807, 2.05) is 20.8 Å². The Morgan fingerprint density at radius 1 is 1.03 bits per heavy atom. The number of allylic oxidation sites excluding steroid dienone is 1. The lowest BCUT2D eigenvalue weighted by atomic mass is 10.0. The van der Waals surface area contributed by atoms with Crippen molar-refractivity contribution < 1.29 is 37.7 Å². The first kappa shape index (κ1) is 23.2. The van der Waals surface area contributed by atoms with Gasteiger partial charge in [0.15, 0.2) is 19.4 Å². The summed E-state index contributed by atoms with van der Waals surface area (Å²) in [4.78, 5) is 25.4. The predicted molar refractivity (Wildman–Crippen MR) is 108 cm³/mol. The minimum Gasteiger partial charge on any atom is -0.467 e. The molecule has 0 N–H and O–H groups in total. The Balaban J connectivity index is 2.50. The van der Waals surface area contributed by atoms with Crippen LogP contribution < -0.4 is 9.47 Å². The van der Waals surface area contributed by atoms with Gasteiger partial charge in [-0.05, 0) is 50.6 Å². The summed E-state index contributed by atoms with van der Waals surface area (Å²) in [5, 5.41) is 0. The van der Waals surface area contributed by atoms with Crippen LogP contribution in [0.1, 0.15) is 35.5 Å². The van der Waals surface area contributed by atoms with Gasteiger partial charge in [-0.25, -0.2) is 4.79 Å². The number of hydrogen-bond acceptors (Lipinski definition) is 8. The van der Waals surface area contributed by atoms with Gasteiger partial charge in [0.1, 0.15) is 28.4 Å². The average Bonchev–Trinajstić information content (AvgIpc) is 3.26. The second-order valence-corrected chi connectivity index (χ2v) is 6.04. The maximum atomic E-state index is 13.2. The Kier molecular flexibility index (Phi) is 9.11. The number of aryl methyl sites for hydroxylation is 1. The molecule has 0 radical (unpaired) electrons. The van der Waals surface area contributed by atoms with E-state index in [0.717, 1.165) is 11.6 Å². The molecular formula is C22H26O8. The molecule has 8 nitrogen and oxygen atoms in total. The molecule has 0 fully saturated rings. The van der Waals surface area contributed by atoms with Crippen molar-refractivity contribution in [3.05, 3.63) is 53.5 Å². The molecule has 0 saturated heterocycles. The van der Waals surface area contributed by atoms with Gasteiger partial charge < -0.3 is 28.1 Å². The number of rotatable bonds is 12. The van der Waals surface area contributed by atoms with Gasteiger partial charge >= 0.3 is 5.97 Å². The monoisotopic (exact) mass is 418 g/mol. The fraction of sp³-hybridized carbons (Fsp3) is 0.364. The zero-order chi connectivity index (χ0) is 21.9. The molecule has 0 aliphatic rings. The highest BCUT2D eigenvalue weighted by Gasteiger charge is 2.23. The Hall–Kier alpha value is -3.10. The predicted octanol–water partition coefficient (Wildman–Crippen LogP) is 3.77. The van der Waals surface area contributed by atoms with E-state index >= 15 is 0 Å². The first-order chi connectivity index (χ1) is 14.5. The number of benzene rings is 1. The Morgan fingerprint density at radius 2 is 1.63 bits per heavy atom. The van der Waals surface area contributed by atoms with Crippen LogP contribution in [0.25, 0.3) is 5.57 Å². The lowest BCUT2D eigenvalue weighted by Crippen LogP contribution is -2.12. The molecule has 0 spiro atoms. The van der Waals surface area contributed by atoms with Crippen LogP contribution in [0.2, 0.25) is 0 Å². The molecule has 30 heavy (non-hydrogen) atoms. The molecule has 1 aromatic carbocycles. The van der Waals surface area contributed by atoms with Crippen LogP contribution in [0.3, 0.4) is 0 Å². The van der Waals surface area contributed by atoms with Gasteiger partial charge in [-0.3, -0.25) is 4.79 Å². The van der Waals surface area contributed by atoms with E-state index < -0.39 is 11.8 Å². The summed E-state index contributed by atoms with van der Waals surface area (Å²) in [6, 6.07) is 6.55. The van der Waals surface area contributed by atoms with Gasteiger partial charge in [0.05, 0.1) is 13.4 Å². The number of ether oxygens (including phenoxy) is 5. The molecule has 0 saturated carbocycles. The van der Waals surface area contributed by atoms with Crippen LogP contribution in [0.5, 0.6) is 11.5 Å². The summed E-state index contributed by atoms with van der Waals surface area (Å²) >= 11 is 0. The van der Waals surface area contributed by atoms with Crippen molar-refractivity contribution in [2.45, 2.75) is 20.8 Å². The van der Waals surface area contributed by atoms with Gasteiger partial charge in [0.2, 0.25) is 0 Å². The summed E-state index contributed by atoms with van der Waals surface area (Å²) < 4.78 is 31.9. The molecule has 0 aliphatic carbocycles.